The molecule has 0 aliphatic carbocycles. The number of benzene rings is 1. The fourth-order valence-electron chi connectivity index (χ4n) is 4.08. The van der Waals surface area contributed by atoms with E-state index in [1.54, 1.807) is 6.07 Å². The molecule has 1 aliphatic heterocycles. The van der Waals surface area contributed by atoms with E-state index in [1.807, 2.05) is 42.7 Å². The largest absolute Gasteiger partial charge is 0.500 e. The van der Waals surface area contributed by atoms with Gasteiger partial charge in [-0.2, -0.15) is 0 Å². The number of nitrogens with one attached hydrogen (secondary N) is 1. The molecule has 34 heavy (non-hydrogen) atoms. The molecule has 0 spiro atoms. The average molecular weight is 467 g/mol. The van der Waals surface area contributed by atoms with Crippen molar-refractivity contribution < 1.29 is 18.3 Å². The number of ether oxygens (including phenoxy) is 1. The fraction of sp³-hybridized carbons (Fsp3) is 0.308. The normalized spacial score (nSPS) is 13.9. The molecule has 0 atom stereocenters. The summed E-state index contributed by atoms with van der Waals surface area (Å²) in [6.07, 6.45) is 3.46. The number of aromatic nitrogens is 2. The Morgan fingerprint density at radius 3 is 2.85 bits per heavy atom. The molecule has 4 rings (SSSR count). The SMILES string of the molecule is C=C(/C=C(\OC)C(C)(C)C(F)F)NC(=O)c1ccc2c(c1)N(Cc1cnc3ccccn13)CC2. The van der Waals surface area contributed by atoms with Crippen LogP contribution in [0.15, 0.2) is 72.9 Å². The van der Waals surface area contributed by atoms with Gasteiger partial charge in [0.25, 0.3) is 12.3 Å². The number of rotatable bonds is 8. The molecule has 3 heterocycles. The second-order valence-electron chi connectivity index (χ2n) is 8.91. The van der Waals surface area contributed by atoms with Gasteiger partial charge in [-0.15, -0.1) is 0 Å². The van der Waals surface area contributed by atoms with E-state index in [0.717, 1.165) is 30.0 Å². The average Bonchev–Trinajstić information content (AvgIpc) is 3.41. The molecule has 0 saturated carbocycles. The van der Waals surface area contributed by atoms with Gasteiger partial charge in [0.15, 0.2) is 0 Å². The number of hydrogen-bond acceptors (Lipinski definition) is 4. The van der Waals surface area contributed by atoms with Gasteiger partial charge >= 0.3 is 0 Å². The molecule has 0 saturated heterocycles. The molecular weight excluding hydrogens is 438 g/mol. The Kier molecular flexibility index (Phi) is 6.41. The zero-order valence-electron chi connectivity index (χ0n) is 19.5. The number of halogens is 2. The van der Waals surface area contributed by atoms with Gasteiger partial charge in [0.2, 0.25) is 0 Å². The van der Waals surface area contributed by atoms with E-state index >= 15 is 0 Å². The van der Waals surface area contributed by atoms with Crippen LogP contribution in [0, 0.1) is 5.41 Å². The number of imidazole rings is 1. The Hall–Kier alpha value is -3.68. The van der Waals surface area contributed by atoms with Crippen molar-refractivity contribution in [3.8, 4) is 0 Å². The molecule has 2 aromatic heterocycles. The van der Waals surface area contributed by atoms with Gasteiger partial charge < -0.3 is 19.4 Å². The van der Waals surface area contributed by atoms with Gasteiger partial charge in [-0.3, -0.25) is 4.79 Å². The lowest BCUT2D eigenvalue weighted by atomic mass is 9.90. The molecule has 178 valence electrons. The molecule has 1 amide bonds. The first-order chi connectivity index (χ1) is 16.2. The van der Waals surface area contributed by atoms with E-state index in [1.165, 1.54) is 32.6 Å². The van der Waals surface area contributed by atoms with Crippen LogP contribution in [0.2, 0.25) is 0 Å². The van der Waals surface area contributed by atoms with Crippen molar-refractivity contribution in [2.45, 2.75) is 33.2 Å². The summed E-state index contributed by atoms with van der Waals surface area (Å²) < 4.78 is 33.9. The summed E-state index contributed by atoms with van der Waals surface area (Å²) >= 11 is 0. The Balaban J connectivity index is 1.50. The minimum Gasteiger partial charge on any atom is -0.500 e. The highest BCUT2D eigenvalue weighted by molar-refractivity contribution is 5.96. The fourth-order valence-corrected chi connectivity index (χ4v) is 4.08. The van der Waals surface area contributed by atoms with Crippen LogP contribution in [0.25, 0.3) is 5.65 Å². The maximum absolute atomic E-state index is 13.4. The Bertz CT molecular complexity index is 1260. The summed E-state index contributed by atoms with van der Waals surface area (Å²) in [6, 6.07) is 11.5. The number of alkyl halides is 2. The highest BCUT2D eigenvalue weighted by atomic mass is 19.3. The maximum atomic E-state index is 13.4. The number of carbonyl (C=O) groups excluding carboxylic acids is 1. The minimum absolute atomic E-state index is 0.0426. The summed E-state index contributed by atoms with van der Waals surface area (Å²) in [4.78, 5) is 19.6. The number of carbonyl (C=O) groups is 1. The van der Waals surface area contributed by atoms with E-state index in [9.17, 15) is 13.6 Å². The smallest absolute Gasteiger partial charge is 0.255 e. The van der Waals surface area contributed by atoms with Crippen molar-refractivity contribution in [3.63, 3.8) is 0 Å². The van der Waals surface area contributed by atoms with Crippen LogP contribution in [-0.4, -0.2) is 35.4 Å². The van der Waals surface area contributed by atoms with Gasteiger partial charge in [-0.1, -0.05) is 18.7 Å². The van der Waals surface area contributed by atoms with Crippen LogP contribution in [-0.2, 0) is 17.7 Å². The van der Waals surface area contributed by atoms with Crippen LogP contribution < -0.4 is 10.2 Å². The molecule has 0 fully saturated rings. The lowest BCUT2D eigenvalue weighted by Crippen LogP contribution is -2.27. The Morgan fingerprint density at radius 2 is 2.12 bits per heavy atom. The topological polar surface area (TPSA) is 58.9 Å². The van der Waals surface area contributed by atoms with Crippen molar-refractivity contribution in [2.24, 2.45) is 5.41 Å². The molecule has 0 unspecified atom stereocenters. The lowest BCUT2D eigenvalue weighted by Gasteiger charge is -2.26. The first-order valence-corrected chi connectivity index (χ1v) is 11.0. The molecule has 3 aromatic rings. The van der Waals surface area contributed by atoms with Crippen LogP contribution in [0.3, 0.4) is 0 Å². The second-order valence-corrected chi connectivity index (χ2v) is 8.91. The van der Waals surface area contributed by atoms with E-state index in [4.69, 9.17) is 4.74 Å². The zero-order valence-corrected chi connectivity index (χ0v) is 19.5. The zero-order chi connectivity index (χ0) is 24.5. The molecule has 1 aliphatic rings. The summed E-state index contributed by atoms with van der Waals surface area (Å²) in [7, 11) is 1.32. The minimum atomic E-state index is -2.63. The molecule has 0 bridgehead atoms. The third-order valence-corrected chi connectivity index (χ3v) is 6.17. The summed E-state index contributed by atoms with van der Waals surface area (Å²) in [5.74, 6) is -0.322. The number of pyridine rings is 1. The number of amides is 1. The van der Waals surface area contributed by atoms with Crippen LogP contribution in [0.5, 0.6) is 0 Å². The predicted molar refractivity (Wildman–Crippen MR) is 128 cm³/mol. The number of anilines is 1. The van der Waals surface area contributed by atoms with E-state index in [-0.39, 0.29) is 17.4 Å². The van der Waals surface area contributed by atoms with Crippen molar-refractivity contribution in [1.82, 2.24) is 14.7 Å². The third kappa shape index (κ3) is 4.53. The Labute approximate surface area is 197 Å². The monoisotopic (exact) mass is 466 g/mol. The first-order valence-electron chi connectivity index (χ1n) is 11.0. The molecule has 1 N–H and O–H groups in total. The number of nitrogens with zero attached hydrogens (tertiary/aromatic N) is 3. The van der Waals surface area contributed by atoms with Gasteiger partial charge in [-0.05, 0) is 56.2 Å². The molecule has 6 nitrogen and oxygen atoms in total. The number of fused-ring (bicyclic) bond motifs is 2. The third-order valence-electron chi connectivity index (χ3n) is 6.17. The standard InChI is InChI=1S/C26H28F2N4O2/c1-17(13-22(34-4)26(2,3)25(27)28)30-24(33)19-9-8-18-10-12-31(21(18)14-19)16-20-15-29-23-7-5-6-11-32(20)23/h5-9,11,13-15,25H,1,10,12,16H2,2-4H3,(H,30,33)/b22-13-. The highest BCUT2D eigenvalue weighted by Gasteiger charge is 2.35. The highest BCUT2D eigenvalue weighted by Crippen LogP contribution is 2.34. The van der Waals surface area contributed by atoms with Gasteiger partial charge in [0, 0.05) is 29.7 Å². The van der Waals surface area contributed by atoms with Crippen LogP contribution in [0.1, 0.15) is 35.5 Å². The molecule has 8 heteroatoms. The van der Waals surface area contributed by atoms with Crippen molar-refractivity contribution in [1.29, 1.82) is 0 Å². The number of hydrogen-bond donors (Lipinski definition) is 1. The second kappa shape index (κ2) is 9.29. The van der Waals surface area contributed by atoms with Crippen LogP contribution >= 0.6 is 0 Å². The van der Waals surface area contributed by atoms with Crippen molar-refractivity contribution in [2.75, 3.05) is 18.6 Å². The first kappa shape index (κ1) is 23.5. The molecule has 1 aromatic carbocycles. The summed E-state index contributed by atoms with van der Waals surface area (Å²) in [5, 5.41) is 2.68. The molecular formula is C26H28F2N4O2. The summed E-state index contributed by atoms with van der Waals surface area (Å²) in [5.41, 5.74) is 3.26. The van der Waals surface area contributed by atoms with Crippen molar-refractivity contribution >= 4 is 17.2 Å². The van der Waals surface area contributed by atoms with Crippen LogP contribution in [0.4, 0.5) is 14.5 Å². The van der Waals surface area contributed by atoms with E-state index < -0.39 is 11.8 Å². The number of methoxy groups -OCH3 is 1. The molecule has 0 radical (unpaired) electrons. The number of allylic oxidation sites excluding steroid dienone is 2. The van der Waals surface area contributed by atoms with Gasteiger partial charge in [0.05, 0.1) is 31.0 Å². The van der Waals surface area contributed by atoms with Gasteiger partial charge in [-0.25, -0.2) is 13.8 Å². The predicted octanol–water partition coefficient (Wildman–Crippen LogP) is 4.96. The Morgan fingerprint density at radius 1 is 1.32 bits per heavy atom. The van der Waals surface area contributed by atoms with Gasteiger partial charge in [0.1, 0.15) is 11.4 Å². The van der Waals surface area contributed by atoms with E-state index in [2.05, 4.69) is 26.2 Å². The van der Waals surface area contributed by atoms with E-state index in [0.29, 0.717) is 12.1 Å². The maximum Gasteiger partial charge on any atom is 0.255 e. The summed E-state index contributed by atoms with van der Waals surface area (Å²) in [6.45, 7) is 8.05. The van der Waals surface area contributed by atoms with Crippen molar-refractivity contribution in [3.05, 3.63) is 89.7 Å². The lowest BCUT2D eigenvalue weighted by molar-refractivity contribution is 0.00984. The quantitative estimate of drug-likeness (QED) is 0.377.